The van der Waals surface area contributed by atoms with Crippen LogP contribution in [0, 0.1) is 5.82 Å². The van der Waals surface area contributed by atoms with Gasteiger partial charge in [0, 0.05) is 6.04 Å². The van der Waals surface area contributed by atoms with Crippen LogP contribution in [-0.4, -0.2) is 24.0 Å². The van der Waals surface area contributed by atoms with Gasteiger partial charge in [-0.1, -0.05) is 25.0 Å². The number of amides is 3. The van der Waals surface area contributed by atoms with Crippen LogP contribution < -0.4 is 16.0 Å². The summed E-state index contributed by atoms with van der Waals surface area (Å²) in [5.74, 6) is -0.735. The van der Waals surface area contributed by atoms with E-state index < -0.39 is 17.9 Å². The second kappa shape index (κ2) is 7.06. The number of carbonyl (C=O) groups excluding carboxylic acids is 2. The average Bonchev–Trinajstić information content (AvgIpc) is 2.94. The summed E-state index contributed by atoms with van der Waals surface area (Å²) >= 11 is 0. The lowest BCUT2D eigenvalue weighted by Gasteiger charge is -2.18. The molecule has 1 fully saturated rings. The van der Waals surface area contributed by atoms with E-state index in [1.165, 1.54) is 18.2 Å². The summed E-state index contributed by atoms with van der Waals surface area (Å²) in [6.45, 7) is 1.60. The molecule has 5 nitrogen and oxygen atoms in total. The number of halogens is 1. The molecule has 1 saturated carbocycles. The molecule has 0 saturated heterocycles. The number of hydrogen-bond donors (Lipinski definition) is 3. The molecule has 0 aliphatic heterocycles. The van der Waals surface area contributed by atoms with E-state index in [2.05, 4.69) is 16.0 Å². The van der Waals surface area contributed by atoms with Gasteiger partial charge in [0.15, 0.2) is 0 Å². The van der Waals surface area contributed by atoms with E-state index >= 15 is 0 Å². The Bertz CT molecular complexity index is 515. The van der Waals surface area contributed by atoms with Crippen LogP contribution >= 0.6 is 0 Å². The first-order chi connectivity index (χ1) is 10.1. The standard InChI is InChI=1S/C15H20FN3O2/c1-10(14(20)18-11-6-2-3-7-11)17-15(21)19-13-9-5-4-8-12(13)16/h4-5,8-11H,2-3,6-7H2,1H3,(H,18,20)(H2,17,19,21)/t10-/m0/s1. The van der Waals surface area contributed by atoms with Gasteiger partial charge in [-0.3, -0.25) is 4.79 Å². The first-order valence-corrected chi connectivity index (χ1v) is 7.18. The number of para-hydroxylation sites is 1. The van der Waals surface area contributed by atoms with E-state index in [9.17, 15) is 14.0 Å². The SMILES string of the molecule is C[C@H](NC(=O)Nc1ccccc1F)C(=O)NC1CCCC1. The first kappa shape index (κ1) is 15.3. The van der Waals surface area contributed by atoms with Crippen LogP contribution in [0.5, 0.6) is 0 Å². The fourth-order valence-corrected chi connectivity index (χ4v) is 2.38. The van der Waals surface area contributed by atoms with Crippen molar-refractivity contribution in [2.75, 3.05) is 5.32 Å². The number of hydrogen-bond acceptors (Lipinski definition) is 2. The van der Waals surface area contributed by atoms with Crippen molar-refractivity contribution in [3.05, 3.63) is 30.1 Å². The van der Waals surface area contributed by atoms with Crippen molar-refractivity contribution in [1.82, 2.24) is 10.6 Å². The van der Waals surface area contributed by atoms with Crippen LogP contribution in [0.15, 0.2) is 24.3 Å². The van der Waals surface area contributed by atoms with Crippen molar-refractivity contribution in [1.29, 1.82) is 0 Å². The smallest absolute Gasteiger partial charge is 0.319 e. The number of rotatable bonds is 4. The van der Waals surface area contributed by atoms with Gasteiger partial charge in [-0.25, -0.2) is 9.18 Å². The maximum atomic E-state index is 13.4. The van der Waals surface area contributed by atoms with Gasteiger partial charge in [0.2, 0.25) is 5.91 Å². The molecule has 0 unspecified atom stereocenters. The molecule has 114 valence electrons. The third-order valence-corrected chi connectivity index (χ3v) is 3.56. The molecule has 0 bridgehead atoms. The third-order valence-electron chi connectivity index (χ3n) is 3.56. The molecular formula is C15H20FN3O2. The minimum atomic E-state index is -0.669. The quantitative estimate of drug-likeness (QED) is 0.797. The molecule has 1 aromatic carbocycles. The number of anilines is 1. The van der Waals surface area contributed by atoms with Crippen molar-refractivity contribution in [2.45, 2.75) is 44.7 Å². The summed E-state index contributed by atoms with van der Waals surface area (Å²) in [5, 5.41) is 7.79. The molecular weight excluding hydrogens is 273 g/mol. The average molecular weight is 293 g/mol. The number of benzene rings is 1. The van der Waals surface area contributed by atoms with Gasteiger partial charge >= 0.3 is 6.03 Å². The normalized spacial score (nSPS) is 16.3. The Labute approximate surface area is 123 Å². The highest BCUT2D eigenvalue weighted by Crippen LogP contribution is 2.17. The minimum Gasteiger partial charge on any atom is -0.352 e. The van der Waals surface area contributed by atoms with Crippen LogP contribution in [0.4, 0.5) is 14.9 Å². The van der Waals surface area contributed by atoms with Gasteiger partial charge in [0.05, 0.1) is 5.69 Å². The van der Waals surface area contributed by atoms with Crippen molar-refractivity contribution in [2.24, 2.45) is 0 Å². The highest BCUT2D eigenvalue weighted by molar-refractivity contribution is 5.93. The molecule has 1 aromatic rings. The Morgan fingerprint density at radius 1 is 1.24 bits per heavy atom. The molecule has 2 rings (SSSR count). The fraction of sp³-hybridized carbons (Fsp3) is 0.467. The zero-order valence-corrected chi connectivity index (χ0v) is 12.0. The molecule has 6 heteroatoms. The van der Waals surface area contributed by atoms with Crippen molar-refractivity contribution < 1.29 is 14.0 Å². The van der Waals surface area contributed by atoms with E-state index in [0.717, 1.165) is 25.7 Å². The maximum absolute atomic E-state index is 13.4. The molecule has 3 amide bonds. The lowest BCUT2D eigenvalue weighted by atomic mass is 10.2. The van der Waals surface area contributed by atoms with Gasteiger partial charge in [-0.15, -0.1) is 0 Å². The number of nitrogens with one attached hydrogen (secondary N) is 3. The Hall–Kier alpha value is -2.11. The van der Waals surface area contributed by atoms with Crippen LogP contribution in [0.1, 0.15) is 32.6 Å². The summed E-state index contributed by atoms with van der Waals surface area (Å²) in [6, 6.07) is 4.80. The number of carbonyl (C=O) groups is 2. The molecule has 0 spiro atoms. The molecule has 21 heavy (non-hydrogen) atoms. The molecule has 0 heterocycles. The number of urea groups is 1. The van der Waals surface area contributed by atoms with Crippen LogP contribution in [0.25, 0.3) is 0 Å². The third kappa shape index (κ3) is 4.44. The highest BCUT2D eigenvalue weighted by Gasteiger charge is 2.21. The largest absolute Gasteiger partial charge is 0.352 e. The van der Waals surface area contributed by atoms with Gasteiger partial charge in [-0.2, -0.15) is 0 Å². The van der Waals surface area contributed by atoms with E-state index in [1.54, 1.807) is 13.0 Å². The summed E-state index contributed by atoms with van der Waals surface area (Å²) in [5.41, 5.74) is 0.0819. The monoisotopic (exact) mass is 293 g/mol. The van der Waals surface area contributed by atoms with Crippen molar-refractivity contribution >= 4 is 17.6 Å². The summed E-state index contributed by atoms with van der Waals surface area (Å²) < 4.78 is 13.4. The second-order valence-corrected chi connectivity index (χ2v) is 5.29. The molecule has 1 atom stereocenters. The molecule has 0 radical (unpaired) electrons. The van der Waals surface area contributed by atoms with Gasteiger partial charge in [0.1, 0.15) is 11.9 Å². The second-order valence-electron chi connectivity index (χ2n) is 5.29. The lowest BCUT2D eigenvalue weighted by molar-refractivity contribution is -0.123. The molecule has 3 N–H and O–H groups in total. The fourth-order valence-electron chi connectivity index (χ4n) is 2.38. The topological polar surface area (TPSA) is 70.2 Å². The van der Waals surface area contributed by atoms with Crippen molar-refractivity contribution in [3.63, 3.8) is 0 Å². The van der Waals surface area contributed by atoms with E-state index in [-0.39, 0.29) is 17.6 Å². The Kier molecular flexibility index (Phi) is 5.14. The van der Waals surface area contributed by atoms with Gasteiger partial charge in [-0.05, 0) is 31.9 Å². The van der Waals surface area contributed by atoms with E-state index in [1.807, 2.05) is 0 Å². The predicted molar refractivity (Wildman–Crippen MR) is 78.4 cm³/mol. The summed E-state index contributed by atoms with van der Waals surface area (Å²) in [7, 11) is 0. The van der Waals surface area contributed by atoms with Crippen molar-refractivity contribution in [3.8, 4) is 0 Å². The predicted octanol–water partition coefficient (Wildman–Crippen LogP) is 2.39. The van der Waals surface area contributed by atoms with Crippen LogP contribution in [0.2, 0.25) is 0 Å². The molecule has 0 aromatic heterocycles. The maximum Gasteiger partial charge on any atom is 0.319 e. The zero-order valence-electron chi connectivity index (χ0n) is 12.0. The van der Waals surface area contributed by atoms with Crippen LogP contribution in [0.3, 0.4) is 0 Å². The van der Waals surface area contributed by atoms with Gasteiger partial charge in [0.25, 0.3) is 0 Å². The van der Waals surface area contributed by atoms with E-state index in [4.69, 9.17) is 0 Å². The molecule has 1 aliphatic rings. The van der Waals surface area contributed by atoms with E-state index in [0.29, 0.717) is 0 Å². The Morgan fingerprint density at radius 3 is 2.57 bits per heavy atom. The lowest BCUT2D eigenvalue weighted by Crippen LogP contribution is -2.48. The minimum absolute atomic E-state index is 0.0819. The zero-order chi connectivity index (χ0) is 15.2. The Morgan fingerprint density at radius 2 is 1.90 bits per heavy atom. The summed E-state index contributed by atoms with van der Waals surface area (Å²) in [4.78, 5) is 23.7. The first-order valence-electron chi connectivity index (χ1n) is 7.18. The van der Waals surface area contributed by atoms with Crippen LogP contribution in [-0.2, 0) is 4.79 Å². The van der Waals surface area contributed by atoms with Gasteiger partial charge < -0.3 is 16.0 Å². The highest BCUT2D eigenvalue weighted by atomic mass is 19.1. The Balaban J connectivity index is 1.81. The molecule has 1 aliphatic carbocycles. The summed E-state index contributed by atoms with van der Waals surface area (Å²) in [6.07, 6.45) is 4.22.